The zero-order valence-corrected chi connectivity index (χ0v) is 13.1. The van der Waals surface area contributed by atoms with E-state index in [1.54, 1.807) is 32.9 Å². The van der Waals surface area contributed by atoms with E-state index in [4.69, 9.17) is 16.7 Å². The van der Waals surface area contributed by atoms with Crippen LogP contribution in [-0.2, 0) is 14.8 Å². The van der Waals surface area contributed by atoms with Gasteiger partial charge in [-0.15, -0.1) is 0 Å². The maximum atomic E-state index is 12.3. The quantitative estimate of drug-likeness (QED) is 0.843. The number of carbonyl (C=O) groups is 1. The molecule has 0 saturated heterocycles. The minimum absolute atomic E-state index is 0.0704. The normalized spacial score (nSPS) is 13.4. The highest BCUT2D eigenvalue weighted by atomic mass is 35.5. The molecule has 0 saturated carbocycles. The van der Waals surface area contributed by atoms with Crippen LogP contribution in [0.3, 0.4) is 0 Å². The third kappa shape index (κ3) is 4.19. The van der Waals surface area contributed by atoms with E-state index in [9.17, 15) is 13.2 Å². The summed E-state index contributed by atoms with van der Waals surface area (Å²) in [6.07, 6.45) is -0.267. The number of nitrogens with one attached hydrogen (secondary N) is 1. The fourth-order valence-corrected chi connectivity index (χ4v) is 3.63. The van der Waals surface area contributed by atoms with Gasteiger partial charge in [0, 0.05) is 11.1 Å². The van der Waals surface area contributed by atoms with Crippen molar-refractivity contribution in [1.82, 2.24) is 4.72 Å². The summed E-state index contributed by atoms with van der Waals surface area (Å²) in [5.74, 6) is -1.19. The number of halogens is 1. The van der Waals surface area contributed by atoms with E-state index in [1.807, 2.05) is 0 Å². The summed E-state index contributed by atoms with van der Waals surface area (Å²) in [6, 6.07) is 3.93. The molecule has 20 heavy (non-hydrogen) atoms. The average Bonchev–Trinajstić information content (AvgIpc) is 2.30. The SMILES string of the molecule is Cc1c(Cl)cccc1S(=O)(=O)NC(CC(=O)O)C(C)C. The molecule has 0 fully saturated rings. The molecule has 1 atom stereocenters. The molecule has 0 amide bonds. The van der Waals surface area contributed by atoms with Crippen molar-refractivity contribution >= 4 is 27.6 Å². The average molecular weight is 320 g/mol. The standard InChI is InChI=1S/C13H18ClNO4S/c1-8(2)11(7-13(16)17)15-20(18,19)12-6-4-5-10(14)9(12)3/h4-6,8,11,15H,7H2,1-3H3,(H,16,17). The molecule has 0 aromatic heterocycles. The number of sulfonamides is 1. The lowest BCUT2D eigenvalue weighted by atomic mass is 10.0. The highest BCUT2D eigenvalue weighted by molar-refractivity contribution is 7.89. The Morgan fingerprint density at radius 1 is 1.40 bits per heavy atom. The summed E-state index contributed by atoms with van der Waals surface area (Å²) in [5, 5.41) is 9.20. The Labute approximate surface area is 124 Å². The molecule has 0 aliphatic rings. The minimum Gasteiger partial charge on any atom is -0.481 e. The Morgan fingerprint density at radius 2 is 2.00 bits per heavy atom. The second-order valence-corrected chi connectivity index (χ2v) is 7.02. The van der Waals surface area contributed by atoms with Gasteiger partial charge in [-0.3, -0.25) is 4.79 Å². The maximum absolute atomic E-state index is 12.3. The molecule has 1 unspecified atom stereocenters. The lowest BCUT2D eigenvalue weighted by Crippen LogP contribution is -2.40. The van der Waals surface area contributed by atoms with Gasteiger partial charge >= 0.3 is 5.97 Å². The van der Waals surface area contributed by atoms with Crippen molar-refractivity contribution in [2.75, 3.05) is 0 Å². The first-order valence-corrected chi connectivity index (χ1v) is 8.00. The van der Waals surface area contributed by atoms with E-state index in [0.717, 1.165) is 0 Å². The van der Waals surface area contributed by atoms with Gasteiger partial charge in [-0.1, -0.05) is 31.5 Å². The van der Waals surface area contributed by atoms with Crippen LogP contribution < -0.4 is 4.72 Å². The van der Waals surface area contributed by atoms with Crippen molar-refractivity contribution in [1.29, 1.82) is 0 Å². The molecule has 2 N–H and O–H groups in total. The number of carboxylic acids is 1. The summed E-state index contributed by atoms with van der Waals surface area (Å²) >= 11 is 5.92. The van der Waals surface area contributed by atoms with Gasteiger partial charge in [-0.25, -0.2) is 13.1 Å². The Balaban J connectivity index is 3.10. The van der Waals surface area contributed by atoms with E-state index in [2.05, 4.69) is 4.72 Å². The van der Waals surface area contributed by atoms with Crippen LogP contribution in [0.25, 0.3) is 0 Å². The second kappa shape index (κ2) is 6.56. The zero-order valence-electron chi connectivity index (χ0n) is 11.6. The summed E-state index contributed by atoms with van der Waals surface area (Å²) in [5.41, 5.74) is 0.444. The number of aliphatic carboxylic acids is 1. The van der Waals surface area contributed by atoms with Crippen LogP contribution in [0.2, 0.25) is 5.02 Å². The summed E-state index contributed by atoms with van der Waals surface area (Å²) in [7, 11) is -3.80. The fourth-order valence-electron chi connectivity index (χ4n) is 1.74. The summed E-state index contributed by atoms with van der Waals surface area (Å²) in [4.78, 5) is 10.9. The molecular weight excluding hydrogens is 302 g/mol. The molecule has 112 valence electrons. The molecular formula is C13H18ClNO4S. The van der Waals surface area contributed by atoms with E-state index in [1.165, 1.54) is 6.07 Å². The van der Waals surface area contributed by atoms with Crippen LogP contribution in [0.5, 0.6) is 0 Å². The topological polar surface area (TPSA) is 83.5 Å². The van der Waals surface area contributed by atoms with Crippen LogP contribution in [0.15, 0.2) is 23.1 Å². The van der Waals surface area contributed by atoms with Gasteiger partial charge in [0.2, 0.25) is 10.0 Å². The predicted molar refractivity (Wildman–Crippen MR) is 77.4 cm³/mol. The van der Waals surface area contributed by atoms with Crippen molar-refractivity contribution in [2.24, 2.45) is 5.92 Å². The first-order valence-electron chi connectivity index (χ1n) is 6.14. The Hall–Kier alpha value is -1.11. The predicted octanol–water partition coefficient (Wildman–Crippen LogP) is 2.43. The van der Waals surface area contributed by atoms with E-state index >= 15 is 0 Å². The van der Waals surface area contributed by atoms with Gasteiger partial charge in [0.1, 0.15) is 0 Å². The van der Waals surface area contributed by atoms with Crippen molar-refractivity contribution in [2.45, 2.75) is 38.1 Å². The third-order valence-electron chi connectivity index (χ3n) is 3.01. The maximum Gasteiger partial charge on any atom is 0.304 e. The van der Waals surface area contributed by atoms with Crippen LogP contribution in [0.1, 0.15) is 25.8 Å². The van der Waals surface area contributed by atoms with E-state index < -0.39 is 22.0 Å². The van der Waals surface area contributed by atoms with E-state index in [-0.39, 0.29) is 17.2 Å². The van der Waals surface area contributed by atoms with Crippen LogP contribution in [-0.4, -0.2) is 25.5 Å². The van der Waals surface area contributed by atoms with Crippen molar-refractivity contribution in [3.8, 4) is 0 Å². The number of hydrogen-bond acceptors (Lipinski definition) is 3. The Kier molecular flexibility index (Phi) is 5.56. The number of rotatable bonds is 6. The molecule has 0 bridgehead atoms. The third-order valence-corrected chi connectivity index (χ3v) is 5.06. The summed E-state index contributed by atoms with van der Waals surface area (Å²) < 4.78 is 27.1. The van der Waals surface area contributed by atoms with Gasteiger partial charge in [-0.05, 0) is 30.5 Å². The number of hydrogen-bond donors (Lipinski definition) is 2. The molecule has 0 aliphatic carbocycles. The largest absolute Gasteiger partial charge is 0.481 e. The van der Waals surface area contributed by atoms with Gasteiger partial charge < -0.3 is 5.11 Å². The molecule has 7 heteroatoms. The van der Waals surface area contributed by atoms with Gasteiger partial charge in [0.05, 0.1) is 11.3 Å². The first-order chi connectivity index (χ1) is 9.15. The van der Waals surface area contributed by atoms with Gasteiger partial charge in [0.25, 0.3) is 0 Å². The van der Waals surface area contributed by atoms with Gasteiger partial charge in [-0.2, -0.15) is 0 Å². The first kappa shape index (κ1) is 16.9. The number of carboxylic acid groups (broad SMARTS) is 1. The molecule has 0 radical (unpaired) electrons. The van der Waals surface area contributed by atoms with E-state index in [0.29, 0.717) is 10.6 Å². The Morgan fingerprint density at radius 3 is 2.50 bits per heavy atom. The second-order valence-electron chi connectivity index (χ2n) is 4.93. The molecule has 1 aromatic carbocycles. The molecule has 0 heterocycles. The molecule has 0 aliphatic heterocycles. The minimum atomic E-state index is -3.80. The van der Waals surface area contributed by atoms with Crippen LogP contribution in [0, 0.1) is 12.8 Å². The molecule has 0 spiro atoms. The highest BCUT2D eigenvalue weighted by Gasteiger charge is 2.26. The number of benzene rings is 1. The fraction of sp³-hybridized carbons (Fsp3) is 0.462. The molecule has 1 aromatic rings. The van der Waals surface area contributed by atoms with Gasteiger partial charge in [0.15, 0.2) is 0 Å². The summed E-state index contributed by atoms with van der Waals surface area (Å²) in [6.45, 7) is 5.14. The molecule has 1 rings (SSSR count). The van der Waals surface area contributed by atoms with Crippen LogP contribution >= 0.6 is 11.6 Å². The van der Waals surface area contributed by atoms with Crippen LogP contribution in [0.4, 0.5) is 0 Å². The Bertz CT molecular complexity index is 598. The lowest BCUT2D eigenvalue weighted by Gasteiger charge is -2.21. The lowest BCUT2D eigenvalue weighted by molar-refractivity contribution is -0.137. The van der Waals surface area contributed by atoms with Crippen molar-refractivity contribution < 1.29 is 18.3 Å². The van der Waals surface area contributed by atoms with Crippen molar-refractivity contribution in [3.63, 3.8) is 0 Å². The zero-order chi connectivity index (χ0) is 15.5. The monoisotopic (exact) mass is 319 g/mol. The molecule has 5 nitrogen and oxygen atoms in total. The highest BCUT2D eigenvalue weighted by Crippen LogP contribution is 2.23. The smallest absolute Gasteiger partial charge is 0.304 e. The van der Waals surface area contributed by atoms with Crippen molar-refractivity contribution in [3.05, 3.63) is 28.8 Å².